The second kappa shape index (κ2) is 9.17. The fraction of sp³-hybridized carbons (Fsp3) is 0.0667. The van der Waals surface area contributed by atoms with Gasteiger partial charge in [-0.1, -0.05) is 64.8 Å². The molecule has 0 fully saturated rings. The lowest BCUT2D eigenvalue weighted by molar-refractivity contribution is -0.113. The number of para-hydroxylation sites is 2. The first-order valence-electron chi connectivity index (χ1n) is 6.88. The average molecular weight is 419 g/mol. The predicted molar refractivity (Wildman–Crippen MR) is 107 cm³/mol. The summed E-state index contributed by atoms with van der Waals surface area (Å²) < 4.78 is 0. The summed E-state index contributed by atoms with van der Waals surface area (Å²) in [5.74, 6) is 11.1. The fourth-order valence-corrected chi connectivity index (χ4v) is 3.26. The third-order valence-corrected chi connectivity index (χ3v) is 4.88. The molecule has 2 aromatic carbocycles. The number of hydrogen-bond acceptors (Lipinski definition) is 5. The molecule has 2 rings (SSSR count). The van der Waals surface area contributed by atoms with Gasteiger partial charge < -0.3 is 11.2 Å². The number of nitrogens with one attached hydrogen (secondary N) is 1. The number of amidine groups is 1. The van der Waals surface area contributed by atoms with Crippen molar-refractivity contribution in [2.24, 2.45) is 16.8 Å². The molecule has 0 saturated heterocycles. The van der Waals surface area contributed by atoms with Crippen LogP contribution in [0, 0.1) is 0 Å². The van der Waals surface area contributed by atoms with E-state index in [0.717, 1.165) is 16.8 Å². The highest BCUT2D eigenvalue weighted by Crippen LogP contribution is 2.33. The van der Waals surface area contributed by atoms with E-state index in [1.807, 2.05) is 0 Å². The molecular formula is C15H14Cl3N5OS. The largest absolute Gasteiger partial charge is 0.324 e. The summed E-state index contributed by atoms with van der Waals surface area (Å²) in [4.78, 5) is 12.1. The number of carbonyl (C=O) groups excluding carboxylic acids is 1. The molecule has 0 heterocycles. The number of carbonyl (C=O) groups is 1. The first-order chi connectivity index (χ1) is 11.9. The Morgan fingerprint density at radius 2 is 1.68 bits per heavy atom. The molecule has 6 nitrogen and oxygen atoms in total. The van der Waals surface area contributed by atoms with Crippen molar-refractivity contribution in [3.8, 4) is 0 Å². The minimum Gasteiger partial charge on any atom is -0.324 e. The number of nitrogens with zero attached hydrogens (tertiary/aromatic N) is 2. The molecule has 0 saturated carbocycles. The Labute approximate surface area is 164 Å². The summed E-state index contributed by atoms with van der Waals surface area (Å²) >= 11 is 19.2. The molecule has 0 radical (unpaired) electrons. The Balaban J connectivity index is 2.03. The highest BCUT2D eigenvalue weighted by Gasteiger charge is 2.18. The number of amides is 1. The molecule has 132 valence electrons. The summed E-state index contributed by atoms with van der Waals surface area (Å²) in [7, 11) is 0. The van der Waals surface area contributed by atoms with Crippen LogP contribution >= 0.6 is 46.6 Å². The van der Waals surface area contributed by atoms with E-state index in [4.69, 9.17) is 46.5 Å². The predicted octanol–water partition coefficient (Wildman–Crippen LogP) is 3.93. The molecule has 5 N–H and O–H groups in total. The molecule has 0 aliphatic carbocycles. The van der Waals surface area contributed by atoms with Crippen molar-refractivity contribution in [3.63, 3.8) is 0 Å². The number of nitrogens with two attached hydrogens (primary N) is 2. The molecule has 0 aromatic heterocycles. The Morgan fingerprint density at radius 3 is 2.28 bits per heavy atom. The van der Waals surface area contributed by atoms with Crippen LogP contribution in [0.3, 0.4) is 0 Å². The number of hydrazone groups is 1. The lowest BCUT2D eigenvalue weighted by Crippen LogP contribution is -2.37. The van der Waals surface area contributed by atoms with Gasteiger partial charge in [-0.2, -0.15) is 5.10 Å². The topological polar surface area (TPSA) is 96.7 Å². The molecule has 25 heavy (non-hydrogen) atoms. The number of hydrazine groups is 1. The highest BCUT2D eigenvalue weighted by molar-refractivity contribution is 8.14. The van der Waals surface area contributed by atoms with Crippen LogP contribution in [-0.2, 0) is 4.79 Å². The molecular weight excluding hydrogens is 405 g/mol. The van der Waals surface area contributed by atoms with Crippen molar-refractivity contribution in [1.29, 1.82) is 0 Å². The van der Waals surface area contributed by atoms with Gasteiger partial charge in [0.1, 0.15) is 0 Å². The van der Waals surface area contributed by atoms with Gasteiger partial charge >= 0.3 is 0 Å². The van der Waals surface area contributed by atoms with Crippen LogP contribution in [0.5, 0.6) is 0 Å². The van der Waals surface area contributed by atoms with E-state index in [-0.39, 0.29) is 16.8 Å². The van der Waals surface area contributed by atoms with Crippen LogP contribution < -0.4 is 22.0 Å². The van der Waals surface area contributed by atoms with Gasteiger partial charge in [0, 0.05) is 0 Å². The zero-order valence-corrected chi connectivity index (χ0v) is 15.8. The van der Waals surface area contributed by atoms with Crippen LogP contribution in [0.1, 0.15) is 0 Å². The number of halogens is 3. The van der Waals surface area contributed by atoms with Crippen LogP contribution in [0.25, 0.3) is 0 Å². The molecule has 10 heteroatoms. The maximum atomic E-state index is 12.1. The van der Waals surface area contributed by atoms with Crippen LogP contribution in [0.15, 0.2) is 47.6 Å². The van der Waals surface area contributed by atoms with Crippen molar-refractivity contribution in [1.82, 2.24) is 0 Å². The standard InChI is InChI=1S/C15H14Cl3N5OS/c16-9-4-1-2-7-12(9)21-13(24)8-25-15(22-19)23(20)14-10(17)5-3-6-11(14)18/h1-7H,8,19-20H2,(H,21,24)/b22-15+. The minimum atomic E-state index is -0.294. The normalized spacial score (nSPS) is 11.3. The van der Waals surface area contributed by atoms with E-state index in [9.17, 15) is 4.79 Å². The van der Waals surface area contributed by atoms with Gasteiger partial charge in [0.2, 0.25) is 11.1 Å². The maximum absolute atomic E-state index is 12.1. The summed E-state index contributed by atoms with van der Waals surface area (Å²) in [5.41, 5.74) is 0.855. The third-order valence-electron chi connectivity index (χ3n) is 2.98. The second-order valence-corrected chi connectivity index (χ2v) is 6.83. The van der Waals surface area contributed by atoms with Gasteiger partial charge in [-0.25, -0.2) is 5.84 Å². The van der Waals surface area contributed by atoms with Crippen molar-refractivity contribution >= 4 is 69.0 Å². The van der Waals surface area contributed by atoms with E-state index < -0.39 is 0 Å². The maximum Gasteiger partial charge on any atom is 0.234 e. The number of anilines is 2. The quantitative estimate of drug-likeness (QED) is 0.302. The van der Waals surface area contributed by atoms with Crippen molar-refractivity contribution in [3.05, 3.63) is 57.5 Å². The van der Waals surface area contributed by atoms with Gasteiger partial charge in [-0.3, -0.25) is 9.80 Å². The summed E-state index contributed by atoms with van der Waals surface area (Å²) in [6.45, 7) is 0. The van der Waals surface area contributed by atoms with E-state index in [1.165, 1.54) is 0 Å². The second-order valence-electron chi connectivity index (χ2n) is 4.67. The van der Waals surface area contributed by atoms with Crippen molar-refractivity contribution in [2.45, 2.75) is 0 Å². The lowest BCUT2D eigenvalue weighted by Gasteiger charge is -2.21. The Morgan fingerprint density at radius 1 is 1.08 bits per heavy atom. The van der Waals surface area contributed by atoms with Crippen molar-refractivity contribution < 1.29 is 4.79 Å². The van der Waals surface area contributed by atoms with E-state index >= 15 is 0 Å². The third kappa shape index (κ3) is 5.17. The zero-order chi connectivity index (χ0) is 18.4. The zero-order valence-electron chi connectivity index (χ0n) is 12.7. The monoisotopic (exact) mass is 417 g/mol. The van der Waals surface area contributed by atoms with Crippen LogP contribution in [0.4, 0.5) is 11.4 Å². The van der Waals surface area contributed by atoms with Gasteiger partial charge in [0.25, 0.3) is 0 Å². The van der Waals surface area contributed by atoms with Crippen LogP contribution in [0.2, 0.25) is 15.1 Å². The first kappa shape index (κ1) is 19.7. The Bertz CT molecular complexity index is 782. The molecule has 1 amide bonds. The van der Waals surface area contributed by atoms with Gasteiger partial charge in [-0.15, -0.1) is 0 Å². The molecule has 0 spiro atoms. The molecule has 2 aromatic rings. The van der Waals surface area contributed by atoms with Crippen LogP contribution in [-0.4, -0.2) is 16.8 Å². The van der Waals surface area contributed by atoms with E-state index in [0.29, 0.717) is 26.4 Å². The summed E-state index contributed by atoms with van der Waals surface area (Å²) in [6.07, 6.45) is 0. The number of thioether (sulfide) groups is 1. The first-order valence-corrected chi connectivity index (χ1v) is 9.00. The Hall–Kier alpha value is -1.64. The Kier molecular flexibility index (Phi) is 7.22. The SMILES string of the molecule is N/N=C(/SCC(=O)Nc1ccccc1Cl)N(N)c1c(Cl)cccc1Cl. The van der Waals surface area contributed by atoms with E-state index in [1.54, 1.807) is 42.5 Å². The number of hydrogen-bond donors (Lipinski definition) is 3. The van der Waals surface area contributed by atoms with Gasteiger partial charge in [0.15, 0.2) is 0 Å². The van der Waals surface area contributed by atoms with Gasteiger partial charge in [0.05, 0.1) is 32.2 Å². The molecule has 0 aliphatic heterocycles. The molecule has 0 atom stereocenters. The lowest BCUT2D eigenvalue weighted by atomic mass is 10.3. The minimum absolute atomic E-state index is 0.0109. The number of rotatable bonds is 4. The number of benzene rings is 2. The molecule has 0 bridgehead atoms. The summed E-state index contributed by atoms with van der Waals surface area (Å²) in [6, 6.07) is 11.9. The van der Waals surface area contributed by atoms with E-state index in [2.05, 4.69) is 10.4 Å². The average Bonchev–Trinajstić information content (AvgIpc) is 2.57. The van der Waals surface area contributed by atoms with Gasteiger partial charge in [-0.05, 0) is 24.3 Å². The smallest absolute Gasteiger partial charge is 0.234 e. The molecule has 0 unspecified atom stereocenters. The highest BCUT2D eigenvalue weighted by atomic mass is 35.5. The van der Waals surface area contributed by atoms with Crippen molar-refractivity contribution in [2.75, 3.05) is 16.1 Å². The molecule has 0 aliphatic rings. The summed E-state index contributed by atoms with van der Waals surface area (Å²) in [5, 5.41) is 8.70. The fourth-order valence-electron chi connectivity index (χ4n) is 1.86.